The predicted octanol–water partition coefficient (Wildman–Crippen LogP) is 1.75. The lowest BCUT2D eigenvalue weighted by atomic mass is 10.1. The third kappa shape index (κ3) is 3.73. The number of aliphatic hydroxyl groups excluding tert-OH is 1. The highest BCUT2D eigenvalue weighted by molar-refractivity contribution is 5.21. The fraction of sp³-hybridized carbons (Fsp3) is 0.500. The highest BCUT2D eigenvalue weighted by atomic mass is 19.1. The van der Waals surface area contributed by atoms with E-state index in [2.05, 4.69) is 0 Å². The maximum absolute atomic E-state index is 13.5. The predicted molar refractivity (Wildman–Crippen MR) is 60.4 cm³/mol. The van der Waals surface area contributed by atoms with Gasteiger partial charge in [0.2, 0.25) is 0 Å². The second-order valence-corrected chi connectivity index (χ2v) is 3.97. The minimum Gasteiger partial charge on any atom is -0.391 e. The zero-order valence-corrected chi connectivity index (χ0v) is 9.86. The number of hydrogen-bond acceptors (Lipinski definition) is 3. The van der Waals surface area contributed by atoms with Gasteiger partial charge in [-0.05, 0) is 32.0 Å². The minimum absolute atomic E-state index is 0.0113. The largest absolute Gasteiger partial charge is 0.391 e. The fourth-order valence-electron chi connectivity index (χ4n) is 1.39. The molecule has 96 valence electrons. The third-order valence-corrected chi connectivity index (χ3v) is 2.58. The molecule has 0 spiro atoms. The van der Waals surface area contributed by atoms with E-state index in [1.54, 1.807) is 13.8 Å². The quantitative estimate of drug-likeness (QED) is 0.831. The average molecular weight is 245 g/mol. The van der Waals surface area contributed by atoms with Crippen LogP contribution >= 0.6 is 0 Å². The average Bonchev–Trinajstić information content (AvgIpc) is 2.29. The Hall–Kier alpha value is -1.04. The van der Waals surface area contributed by atoms with Crippen molar-refractivity contribution in [2.75, 3.05) is 6.54 Å². The van der Waals surface area contributed by atoms with E-state index in [1.807, 2.05) is 0 Å². The van der Waals surface area contributed by atoms with E-state index in [9.17, 15) is 13.9 Å². The van der Waals surface area contributed by atoms with E-state index in [0.29, 0.717) is 0 Å². The second-order valence-electron chi connectivity index (χ2n) is 3.97. The molecule has 0 aliphatic rings. The van der Waals surface area contributed by atoms with Crippen molar-refractivity contribution >= 4 is 0 Å². The van der Waals surface area contributed by atoms with Crippen LogP contribution in [0.2, 0.25) is 0 Å². The zero-order chi connectivity index (χ0) is 13.0. The topological polar surface area (TPSA) is 55.5 Å². The summed E-state index contributed by atoms with van der Waals surface area (Å²) < 4.78 is 31.9. The molecular weight excluding hydrogens is 228 g/mol. The van der Waals surface area contributed by atoms with Gasteiger partial charge >= 0.3 is 0 Å². The van der Waals surface area contributed by atoms with Crippen molar-refractivity contribution in [3.63, 3.8) is 0 Å². The van der Waals surface area contributed by atoms with Crippen LogP contribution in [0.4, 0.5) is 8.78 Å². The molecule has 17 heavy (non-hydrogen) atoms. The summed E-state index contributed by atoms with van der Waals surface area (Å²) in [5, 5.41) is 9.30. The Labute approximate surface area is 99.2 Å². The molecule has 1 rings (SSSR count). The molecule has 0 heterocycles. The molecule has 0 fully saturated rings. The molecule has 0 bridgehead atoms. The van der Waals surface area contributed by atoms with Gasteiger partial charge in [0.25, 0.3) is 0 Å². The molecule has 0 aliphatic heterocycles. The first-order valence-corrected chi connectivity index (χ1v) is 5.44. The normalized spacial score (nSPS) is 16.6. The highest BCUT2D eigenvalue weighted by Gasteiger charge is 2.20. The van der Waals surface area contributed by atoms with Gasteiger partial charge < -0.3 is 15.6 Å². The summed E-state index contributed by atoms with van der Waals surface area (Å²) in [7, 11) is 0. The molecule has 0 aliphatic carbocycles. The summed E-state index contributed by atoms with van der Waals surface area (Å²) in [4.78, 5) is 0. The fourth-order valence-corrected chi connectivity index (χ4v) is 1.39. The third-order valence-electron chi connectivity index (χ3n) is 2.58. The van der Waals surface area contributed by atoms with Gasteiger partial charge in [0.05, 0.1) is 18.3 Å². The molecule has 1 aromatic rings. The summed E-state index contributed by atoms with van der Waals surface area (Å²) in [5.74, 6) is -1.12. The van der Waals surface area contributed by atoms with Crippen molar-refractivity contribution < 1.29 is 18.6 Å². The lowest BCUT2D eigenvalue weighted by Crippen LogP contribution is -2.28. The first-order chi connectivity index (χ1) is 7.95. The van der Waals surface area contributed by atoms with Gasteiger partial charge in [0.1, 0.15) is 11.6 Å². The van der Waals surface area contributed by atoms with Gasteiger partial charge in [0.15, 0.2) is 0 Å². The van der Waals surface area contributed by atoms with Crippen molar-refractivity contribution in [3.05, 3.63) is 35.4 Å². The summed E-state index contributed by atoms with van der Waals surface area (Å²) in [6.45, 7) is 3.21. The summed E-state index contributed by atoms with van der Waals surface area (Å²) in [5.41, 5.74) is 5.55. The molecule has 3 atom stereocenters. The van der Waals surface area contributed by atoms with Crippen molar-refractivity contribution in [2.45, 2.75) is 32.2 Å². The lowest BCUT2D eigenvalue weighted by molar-refractivity contribution is -0.0603. The van der Waals surface area contributed by atoms with Crippen LogP contribution < -0.4 is 5.73 Å². The number of hydrogen-bond donors (Lipinski definition) is 2. The van der Waals surface area contributed by atoms with E-state index in [1.165, 1.54) is 0 Å². The molecule has 3 nitrogen and oxygen atoms in total. The van der Waals surface area contributed by atoms with Crippen LogP contribution in [0.25, 0.3) is 0 Å². The van der Waals surface area contributed by atoms with Gasteiger partial charge in [-0.25, -0.2) is 8.78 Å². The Morgan fingerprint density at radius 2 is 2.00 bits per heavy atom. The van der Waals surface area contributed by atoms with Gasteiger partial charge in [-0.3, -0.25) is 0 Å². The first kappa shape index (κ1) is 14.0. The maximum atomic E-state index is 13.5. The molecule has 0 saturated carbocycles. The van der Waals surface area contributed by atoms with Crippen molar-refractivity contribution in [1.82, 2.24) is 0 Å². The number of halogens is 2. The molecule has 3 unspecified atom stereocenters. The van der Waals surface area contributed by atoms with Gasteiger partial charge in [-0.1, -0.05) is 0 Å². The standard InChI is InChI=1S/C12H17F2NO2/c1-7(16)8(2)17-12(6-15)10-5-9(13)3-4-11(10)14/h3-5,7-8,12,16H,6,15H2,1-2H3. The first-order valence-electron chi connectivity index (χ1n) is 5.44. The van der Waals surface area contributed by atoms with Crippen LogP contribution in [0, 0.1) is 11.6 Å². The summed E-state index contributed by atoms with van der Waals surface area (Å²) >= 11 is 0. The Bertz CT molecular complexity index is 372. The summed E-state index contributed by atoms with van der Waals surface area (Å²) in [6.07, 6.45) is -1.98. The molecule has 0 radical (unpaired) electrons. The number of rotatable bonds is 5. The number of ether oxygens (including phenoxy) is 1. The van der Waals surface area contributed by atoms with Gasteiger partial charge in [-0.2, -0.15) is 0 Å². The van der Waals surface area contributed by atoms with Crippen LogP contribution in [-0.2, 0) is 4.74 Å². The van der Waals surface area contributed by atoms with Crippen LogP contribution in [0.1, 0.15) is 25.5 Å². The SMILES string of the molecule is CC(O)C(C)OC(CN)c1cc(F)ccc1F. The van der Waals surface area contributed by atoms with Crippen LogP contribution in [0.5, 0.6) is 0 Å². The van der Waals surface area contributed by atoms with Crippen molar-refractivity contribution in [3.8, 4) is 0 Å². The molecular formula is C12H17F2NO2. The Morgan fingerprint density at radius 3 is 2.53 bits per heavy atom. The summed E-state index contributed by atoms with van der Waals surface area (Å²) in [6, 6.07) is 3.12. The van der Waals surface area contributed by atoms with E-state index >= 15 is 0 Å². The molecule has 0 aromatic heterocycles. The Kier molecular flexibility index (Phi) is 4.99. The van der Waals surface area contributed by atoms with Crippen molar-refractivity contribution in [1.29, 1.82) is 0 Å². The van der Waals surface area contributed by atoms with Gasteiger partial charge in [0, 0.05) is 12.1 Å². The molecule has 5 heteroatoms. The number of aliphatic hydroxyl groups is 1. The van der Waals surface area contributed by atoms with E-state index in [4.69, 9.17) is 10.5 Å². The molecule has 1 aromatic carbocycles. The van der Waals surface area contributed by atoms with E-state index in [-0.39, 0.29) is 12.1 Å². The highest BCUT2D eigenvalue weighted by Crippen LogP contribution is 2.23. The van der Waals surface area contributed by atoms with Crippen LogP contribution in [0.15, 0.2) is 18.2 Å². The molecule has 0 saturated heterocycles. The smallest absolute Gasteiger partial charge is 0.129 e. The second kappa shape index (κ2) is 6.05. The van der Waals surface area contributed by atoms with Crippen LogP contribution in [0.3, 0.4) is 0 Å². The maximum Gasteiger partial charge on any atom is 0.129 e. The zero-order valence-electron chi connectivity index (χ0n) is 9.86. The van der Waals surface area contributed by atoms with Crippen molar-refractivity contribution in [2.24, 2.45) is 5.73 Å². The lowest BCUT2D eigenvalue weighted by Gasteiger charge is -2.23. The van der Waals surface area contributed by atoms with Crippen LogP contribution in [-0.4, -0.2) is 23.9 Å². The Balaban J connectivity index is 2.89. The van der Waals surface area contributed by atoms with E-state index in [0.717, 1.165) is 18.2 Å². The molecule has 3 N–H and O–H groups in total. The Morgan fingerprint density at radius 1 is 1.35 bits per heavy atom. The van der Waals surface area contributed by atoms with Gasteiger partial charge in [-0.15, -0.1) is 0 Å². The monoisotopic (exact) mass is 245 g/mol. The minimum atomic E-state index is -0.768. The number of nitrogens with two attached hydrogens (primary N) is 1. The molecule has 0 amide bonds. The van der Waals surface area contributed by atoms with E-state index < -0.39 is 29.9 Å². The number of benzene rings is 1.